The molecule has 1 aromatic rings. The van der Waals surface area contributed by atoms with Gasteiger partial charge in [0, 0.05) is 35.3 Å². The summed E-state index contributed by atoms with van der Waals surface area (Å²) >= 11 is 3.57. The second kappa shape index (κ2) is 6.19. The number of halogens is 1. The summed E-state index contributed by atoms with van der Waals surface area (Å²) < 4.78 is 6.45. The minimum atomic E-state index is -0.792. The van der Waals surface area contributed by atoms with Crippen molar-refractivity contribution in [2.45, 2.75) is 50.5 Å². The molecular weight excluding hydrogens is 356 g/mol. The third kappa shape index (κ3) is 2.73. The number of hydrogen-bond donors (Lipinski definition) is 1. The van der Waals surface area contributed by atoms with Gasteiger partial charge < -0.3 is 15.4 Å². The molecule has 0 radical (unpaired) electrons. The average molecular weight is 381 g/mol. The highest BCUT2D eigenvalue weighted by Gasteiger charge is 2.47. The van der Waals surface area contributed by atoms with E-state index in [-0.39, 0.29) is 11.3 Å². The maximum atomic E-state index is 13.2. The van der Waals surface area contributed by atoms with Crippen LogP contribution in [-0.4, -0.2) is 31.2 Å². The van der Waals surface area contributed by atoms with E-state index in [1.807, 2.05) is 17.0 Å². The van der Waals surface area contributed by atoms with E-state index in [4.69, 9.17) is 10.5 Å². The molecule has 126 valence electrons. The fourth-order valence-corrected chi connectivity index (χ4v) is 4.26. The maximum Gasteiger partial charge on any atom is 0.247 e. The first-order valence-electron chi connectivity index (χ1n) is 8.44. The summed E-state index contributed by atoms with van der Waals surface area (Å²) in [6.07, 6.45) is 3.22. The molecule has 5 heteroatoms. The summed E-state index contributed by atoms with van der Waals surface area (Å²) in [5.41, 5.74) is 7.98. The monoisotopic (exact) mass is 380 g/mol. The van der Waals surface area contributed by atoms with Crippen LogP contribution in [0.25, 0.3) is 0 Å². The maximum absolute atomic E-state index is 13.2. The van der Waals surface area contributed by atoms with Gasteiger partial charge in [0.15, 0.2) is 0 Å². The summed E-state index contributed by atoms with van der Waals surface area (Å²) in [6.45, 7) is 6.26. The summed E-state index contributed by atoms with van der Waals surface area (Å²) in [5.74, 6) is 0.0492. The topological polar surface area (TPSA) is 55.6 Å². The highest BCUT2D eigenvalue weighted by Crippen LogP contribution is 2.47. The van der Waals surface area contributed by atoms with Crippen molar-refractivity contribution in [2.75, 3.05) is 24.7 Å². The molecule has 0 unspecified atom stereocenters. The SMILES string of the molecule is CCC1(CC)CN(C(=O)C2(N)CCOCC2)c2ccc(Br)cc21. The molecule has 1 saturated heterocycles. The number of anilines is 1. The molecule has 0 atom stereocenters. The van der Waals surface area contributed by atoms with Crippen molar-refractivity contribution in [3.8, 4) is 0 Å². The summed E-state index contributed by atoms with van der Waals surface area (Å²) in [5, 5.41) is 0. The van der Waals surface area contributed by atoms with Crippen LogP contribution in [-0.2, 0) is 14.9 Å². The predicted molar refractivity (Wildman–Crippen MR) is 95.7 cm³/mol. The van der Waals surface area contributed by atoms with E-state index in [0.29, 0.717) is 26.1 Å². The minimum absolute atomic E-state index is 0.0241. The molecule has 0 aliphatic carbocycles. The Balaban J connectivity index is 2.00. The van der Waals surface area contributed by atoms with Gasteiger partial charge in [-0.25, -0.2) is 0 Å². The van der Waals surface area contributed by atoms with Gasteiger partial charge >= 0.3 is 0 Å². The Hall–Kier alpha value is -0.910. The number of carbonyl (C=O) groups excluding carboxylic acids is 1. The van der Waals surface area contributed by atoms with Crippen molar-refractivity contribution < 1.29 is 9.53 Å². The van der Waals surface area contributed by atoms with Crippen LogP contribution in [0, 0.1) is 0 Å². The molecule has 1 aromatic carbocycles. The molecular formula is C18H25BrN2O2. The number of nitrogens with zero attached hydrogens (tertiary/aromatic N) is 1. The van der Waals surface area contributed by atoms with Crippen molar-refractivity contribution >= 4 is 27.5 Å². The molecule has 2 heterocycles. The van der Waals surface area contributed by atoms with Gasteiger partial charge in [-0.05, 0) is 49.4 Å². The van der Waals surface area contributed by atoms with Gasteiger partial charge in [-0.1, -0.05) is 29.8 Å². The van der Waals surface area contributed by atoms with Crippen LogP contribution in [0.4, 0.5) is 5.69 Å². The number of nitrogens with two attached hydrogens (primary N) is 1. The number of benzene rings is 1. The third-order valence-corrected chi connectivity index (χ3v) is 6.18. The number of ether oxygens (including phenoxy) is 1. The van der Waals surface area contributed by atoms with Crippen LogP contribution in [0.2, 0.25) is 0 Å². The molecule has 0 spiro atoms. The normalized spacial score (nSPS) is 22.0. The number of fused-ring (bicyclic) bond motifs is 1. The Bertz CT molecular complexity index is 607. The van der Waals surface area contributed by atoms with Crippen LogP contribution in [0.5, 0.6) is 0 Å². The van der Waals surface area contributed by atoms with Crippen LogP contribution >= 0.6 is 15.9 Å². The van der Waals surface area contributed by atoms with Gasteiger partial charge in [-0.15, -0.1) is 0 Å². The Kier molecular flexibility index (Phi) is 4.55. The molecule has 2 N–H and O–H groups in total. The molecule has 3 rings (SSSR count). The standard InChI is InChI=1S/C18H25BrN2O2/c1-3-17(4-2)12-21(15-6-5-13(19)11-14(15)17)16(22)18(20)7-9-23-10-8-18/h5-6,11H,3-4,7-10,12,20H2,1-2H3. The van der Waals surface area contributed by atoms with Gasteiger partial charge in [0.2, 0.25) is 5.91 Å². The zero-order chi connectivity index (χ0) is 16.7. The molecule has 2 aliphatic rings. The van der Waals surface area contributed by atoms with E-state index in [1.54, 1.807) is 0 Å². The average Bonchev–Trinajstić information content (AvgIpc) is 2.89. The molecule has 23 heavy (non-hydrogen) atoms. The summed E-state index contributed by atoms with van der Waals surface area (Å²) in [6, 6.07) is 6.23. The van der Waals surface area contributed by atoms with Gasteiger partial charge in [0.25, 0.3) is 0 Å². The van der Waals surface area contributed by atoms with E-state index in [2.05, 4.69) is 35.8 Å². The quantitative estimate of drug-likeness (QED) is 0.874. The van der Waals surface area contributed by atoms with Crippen LogP contribution in [0.15, 0.2) is 22.7 Å². The lowest BCUT2D eigenvalue weighted by Gasteiger charge is -2.36. The van der Waals surface area contributed by atoms with E-state index in [9.17, 15) is 4.79 Å². The Morgan fingerprint density at radius 2 is 1.96 bits per heavy atom. The second-order valence-electron chi connectivity index (χ2n) is 6.81. The second-order valence-corrected chi connectivity index (χ2v) is 7.72. The number of amides is 1. The van der Waals surface area contributed by atoms with Crippen molar-refractivity contribution in [2.24, 2.45) is 5.73 Å². The Morgan fingerprint density at radius 1 is 1.30 bits per heavy atom. The van der Waals surface area contributed by atoms with Crippen LogP contribution in [0.1, 0.15) is 45.1 Å². The fraction of sp³-hybridized carbons (Fsp3) is 0.611. The van der Waals surface area contributed by atoms with Gasteiger partial charge in [0.1, 0.15) is 5.54 Å². The van der Waals surface area contributed by atoms with E-state index >= 15 is 0 Å². The van der Waals surface area contributed by atoms with E-state index in [0.717, 1.165) is 29.5 Å². The van der Waals surface area contributed by atoms with Crippen molar-refractivity contribution in [3.05, 3.63) is 28.2 Å². The van der Waals surface area contributed by atoms with Gasteiger partial charge in [0.05, 0.1) is 0 Å². The summed E-state index contributed by atoms with van der Waals surface area (Å²) in [4.78, 5) is 15.2. The third-order valence-electron chi connectivity index (χ3n) is 5.69. The van der Waals surface area contributed by atoms with Crippen molar-refractivity contribution in [1.82, 2.24) is 0 Å². The van der Waals surface area contributed by atoms with Crippen molar-refractivity contribution in [3.63, 3.8) is 0 Å². The number of carbonyl (C=O) groups is 1. The predicted octanol–water partition coefficient (Wildman–Crippen LogP) is 3.36. The number of hydrogen-bond acceptors (Lipinski definition) is 3. The first-order valence-corrected chi connectivity index (χ1v) is 9.24. The lowest BCUT2D eigenvalue weighted by Crippen LogP contribution is -2.58. The highest BCUT2D eigenvalue weighted by atomic mass is 79.9. The lowest BCUT2D eigenvalue weighted by molar-refractivity contribution is -0.127. The molecule has 1 fully saturated rings. The highest BCUT2D eigenvalue weighted by molar-refractivity contribution is 9.10. The molecule has 0 saturated carbocycles. The number of rotatable bonds is 3. The molecule has 4 nitrogen and oxygen atoms in total. The van der Waals surface area contributed by atoms with E-state index in [1.165, 1.54) is 5.56 Å². The first kappa shape index (κ1) is 16.9. The van der Waals surface area contributed by atoms with Crippen LogP contribution < -0.4 is 10.6 Å². The molecule has 0 bridgehead atoms. The van der Waals surface area contributed by atoms with Gasteiger partial charge in [-0.3, -0.25) is 4.79 Å². The first-order chi connectivity index (χ1) is 11.0. The van der Waals surface area contributed by atoms with Crippen LogP contribution in [0.3, 0.4) is 0 Å². The van der Waals surface area contributed by atoms with E-state index < -0.39 is 5.54 Å². The smallest absolute Gasteiger partial charge is 0.247 e. The van der Waals surface area contributed by atoms with Crippen molar-refractivity contribution in [1.29, 1.82) is 0 Å². The Morgan fingerprint density at radius 3 is 2.57 bits per heavy atom. The zero-order valence-electron chi connectivity index (χ0n) is 13.9. The zero-order valence-corrected chi connectivity index (χ0v) is 15.5. The summed E-state index contributed by atoms with van der Waals surface area (Å²) in [7, 11) is 0. The largest absolute Gasteiger partial charge is 0.381 e. The minimum Gasteiger partial charge on any atom is -0.381 e. The lowest BCUT2D eigenvalue weighted by atomic mass is 9.77. The Labute approximate surface area is 146 Å². The molecule has 2 aliphatic heterocycles. The molecule has 0 aromatic heterocycles. The van der Waals surface area contributed by atoms with Gasteiger partial charge in [-0.2, -0.15) is 0 Å². The fourth-order valence-electron chi connectivity index (χ4n) is 3.90. The molecule has 1 amide bonds.